The molecule has 0 saturated carbocycles. The van der Waals surface area contributed by atoms with Crippen molar-refractivity contribution >= 4 is 0 Å². The summed E-state index contributed by atoms with van der Waals surface area (Å²) >= 11 is 0. The van der Waals surface area contributed by atoms with E-state index in [1.165, 1.54) is 6.07 Å². The van der Waals surface area contributed by atoms with Crippen LogP contribution in [-0.4, -0.2) is 13.2 Å². The Morgan fingerprint density at radius 2 is 2.10 bits per heavy atom. The summed E-state index contributed by atoms with van der Waals surface area (Å²) in [5, 5.41) is 3.31. The first-order chi connectivity index (χ1) is 9.69. The third-order valence-electron chi connectivity index (χ3n) is 2.92. The third-order valence-corrected chi connectivity index (χ3v) is 2.92. The van der Waals surface area contributed by atoms with Gasteiger partial charge in [0.1, 0.15) is 11.5 Å². The Bertz CT molecular complexity index is 514. The fourth-order valence-electron chi connectivity index (χ4n) is 2.09. The van der Waals surface area contributed by atoms with E-state index in [-0.39, 0.29) is 11.8 Å². The van der Waals surface area contributed by atoms with E-state index in [0.29, 0.717) is 6.42 Å². The van der Waals surface area contributed by atoms with E-state index in [2.05, 4.69) is 10.1 Å². The molecule has 2 aromatic rings. The number of benzene rings is 1. The number of nitrogens with one attached hydrogen (secondary N) is 1. The SMILES string of the molecule is CCNC(Cc1ccco1)c1cccc(OC(F)F)c1. The maximum Gasteiger partial charge on any atom is 0.387 e. The number of ether oxygens (including phenoxy) is 1. The molecular formula is C15H17F2NO2. The Labute approximate surface area is 116 Å². The second-order valence-corrected chi connectivity index (χ2v) is 4.34. The van der Waals surface area contributed by atoms with Crippen LogP contribution < -0.4 is 10.1 Å². The van der Waals surface area contributed by atoms with Gasteiger partial charge in [0.2, 0.25) is 0 Å². The highest BCUT2D eigenvalue weighted by Crippen LogP contribution is 2.23. The smallest absolute Gasteiger partial charge is 0.387 e. The third kappa shape index (κ3) is 4.06. The van der Waals surface area contributed by atoms with Gasteiger partial charge in [0, 0.05) is 12.5 Å². The number of hydrogen-bond acceptors (Lipinski definition) is 3. The minimum atomic E-state index is -2.81. The normalized spacial score (nSPS) is 12.6. The van der Waals surface area contributed by atoms with Gasteiger partial charge in [-0.25, -0.2) is 0 Å². The average Bonchev–Trinajstić information content (AvgIpc) is 2.91. The van der Waals surface area contributed by atoms with Crippen LogP contribution in [0.1, 0.15) is 24.3 Å². The van der Waals surface area contributed by atoms with Crippen LogP contribution in [0, 0.1) is 0 Å². The fraction of sp³-hybridized carbons (Fsp3) is 0.333. The Balaban J connectivity index is 2.15. The zero-order chi connectivity index (χ0) is 14.4. The number of alkyl halides is 2. The lowest BCUT2D eigenvalue weighted by Crippen LogP contribution is -2.22. The molecule has 0 saturated heterocycles. The van der Waals surface area contributed by atoms with Gasteiger partial charge in [-0.05, 0) is 36.4 Å². The monoisotopic (exact) mass is 281 g/mol. The maximum absolute atomic E-state index is 12.3. The van der Waals surface area contributed by atoms with E-state index in [9.17, 15) is 8.78 Å². The molecular weight excluding hydrogens is 264 g/mol. The number of hydrogen-bond donors (Lipinski definition) is 1. The second-order valence-electron chi connectivity index (χ2n) is 4.34. The summed E-state index contributed by atoms with van der Waals surface area (Å²) in [6.45, 7) is -0.0483. The van der Waals surface area contributed by atoms with Gasteiger partial charge in [-0.15, -0.1) is 0 Å². The topological polar surface area (TPSA) is 34.4 Å². The second kappa shape index (κ2) is 7.05. The van der Waals surface area contributed by atoms with E-state index in [1.54, 1.807) is 18.4 Å². The van der Waals surface area contributed by atoms with E-state index >= 15 is 0 Å². The average molecular weight is 281 g/mol. The molecule has 1 aromatic heterocycles. The van der Waals surface area contributed by atoms with Crippen molar-refractivity contribution in [1.29, 1.82) is 0 Å². The van der Waals surface area contributed by atoms with Gasteiger partial charge in [-0.2, -0.15) is 8.78 Å². The summed E-state index contributed by atoms with van der Waals surface area (Å²) in [4.78, 5) is 0. The van der Waals surface area contributed by atoms with Gasteiger partial charge in [0.15, 0.2) is 0 Å². The van der Waals surface area contributed by atoms with Gasteiger partial charge in [0.05, 0.1) is 6.26 Å². The Morgan fingerprint density at radius 3 is 2.75 bits per heavy atom. The Kier molecular flexibility index (Phi) is 5.12. The van der Waals surface area contributed by atoms with E-state index < -0.39 is 6.61 Å². The number of rotatable bonds is 7. The van der Waals surface area contributed by atoms with E-state index in [1.807, 2.05) is 25.1 Å². The van der Waals surface area contributed by atoms with Crippen molar-refractivity contribution in [1.82, 2.24) is 5.32 Å². The molecule has 1 atom stereocenters. The van der Waals surface area contributed by atoms with Crippen LogP contribution in [0.15, 0.2) is 47.1 Å². The van der Waals surface area contributed by atoms with Crippen molar-refractivity contribution in [3.8, 4) is 5.75 Å². The van der Waals surface area contributed by atoms with Crippen molar-refractivity contribution in [2.75, 3.05) is 6.54 Å². The van der Waals surface area contributed by atoms with E-state index in [4.69, 9.17) is 4.42 Å². The first-order valence-corrected chi connectivity index (χ1v) is 6.49. The van der Waals surface area contributed by atoms with Crippen LogP contribution in [0.25, 0.3) is 0 Å². The molecule has 1 aromatic carbocycles. The molecule has 3 nitrogen and oxygen atoms in total. The molecule has 108 valence electrons. The summed E-state index contributed by atoms with van der Waals surface area (Å²) in [5.41, 5.74) is 0.890. The van der Waals surface area contributed by atoms with Gasteiger partial charge in [0.25, 0.3) is 0 Å². The van der Waals surface area contributed by atoms with Crippen LogP contribution in [0.2, 0.25) is 0 Å². The molecule has 20 heavy (non-hydrogen) atoms. The van der Waals surface area contributed by atoms with Crippen molar-refractivity contribution in [2.24, 2.45) is 0 Å². The number of likely N-dealkylation sites (N-methyl/N-ethyl adjacent to an activating group) is 1. The largest absolute Gasteiger partial charge is 0.469 e. The minimum absolute atomic E-state index is 0.00706. The lowest BCUT2D eigenvalue weighted by atomic mass is 10.0. The predicted molar refractivity (Wildman–Crippen MR) is 71.9 cm³/mol. The van der Waals surface area contributed by atoms with Crippen LogP contribution in [0.4, 0.5) is 8.78 Å². The summed E-state index contributed by atoms with van der Waals surface area (Å²) in [7, 11) is 0. The molecule has 1 heterocycles. The molecule has 1 N–H and O–H groups in total. The first-order valence-electron chi connectivity index (χ1n) is 6.49. The van der Waals surface area contributed by atoms with Crippen molar-refractivity contribution in [2.45, 2.75) is 26.0 Å². The van der Waals surface area contributed by atoms with Crippen molar-refractivity contribution in [3.05, 3.63) is 54.0 Å². The minimum Gasteiger partial charge on any atom is -0.469 e. The van der Waals surface area contributed by atoms with Crippen molar-refractivity contribution < 1.29 is 17.9 Å². The molecule has 0 aliphatic carbocycles. The zero-order valence-electron chi connectivity index (χ0n) is 11.2. The molecule has 0 amide bonds. The molecule has 0 fully saturated rings. The summed E-state index contributed by atoms with van der Waals surface area (Å²) in [6.07, 6.45) is 2.27. The lowest BCUT2D eigenvalue weighted by Gasteiger charge is -2.18. The Hall–Kier alpha value is -1.88. The van der Waals surface area contributed by atoms with Crippen LogP contribution in [0.3, 0.4) is 0 Å². The molecule has 0 radical (unpaired) electrons. The highest BCUT2D eigenvalue weighted by Gasteiger charge is 2.14. The maximum atomic E-state index is 12.3. The Morgan fingerprint density at radius 1 is 1.25 bits per heavy atom. The zero-order valence-corrected chi connectivity index (χ0v) is 11.2. The number of furan rings is 1. The quantitative estimate of drug-likeness (QED) is 0.838. The summed E-state index contributed by atoms with van der Waals surface area (Å²) in [5.74, 6) is 1.01. The summed E-state index contributed by atoms with van der Waals surface area (Å²) in [6, 6.07) is 10.5. The fourth-order valence-corrected chi connectivity index (χ4v) is 2.09. The van der Waals surface area contributed by atoms with Crippen LogP contribution in [-0.2, 0) is 6.42 Å². The lowest BCUT2D eigenvalue weighted by molar-refractivity contribution is -0.0499. The van der Waals surface area contributed by atoms with Gasteiger partial charge in [-0.3, -0.25) is 0 Å². The highest BCUT2D eigenvalue weighted by atomic mass is 19.3. The van der Waals surface area contributed by atoms with Gasteiger partial charge in [-0.1, -0.05) is 19.1 Å². The molecule has 2 rings (SSSR count). The van der Waals surface area contributed by atoms with Crippen molar-refractivity contribution in [3.63, 3.8) is 0 Å². The molecule has 1 unspecified atom stereocenters. The standard InChI is InChI=1S/C15H17F2NO2/c1-2-18-14(10-12-7-4-8-19-12)11-5-3-6-13(9-11)20-15(16)17/h3-9,14-15,18H,2,10H2,1H3. The predicted octanol–water partition coefficient (Wildman–Crippen LogP) is 3.77. The molecule has 0 bridgehead atoms. The van der Waals surface area contributed by atoms with Crippen LogP contribution >= 0.6 is 0 Å². The summed E-state index contributed by atoms with van der Waals surface area (Å²) < 4.78 is 34.3. The molecule has 0 spiro atoms. The highest BCUT2D eigenvalue weighted by molar-refractivity contribution is 5.31. The van der Waals surface area contributed by atoms with Gasteiger partial charge >= 0.3 is 6.61 Å². The van der Waals surface area contributed by atoms with Crippen LogP contribution in [0.5, 0.6) is 5.75 Å². The molecule has 5 heteroatoms. The first kappa shape index (κ1) is 14.5. The van der Waals surface area contributed by atoms with E-state index in [0.717, 1.165) is 17.9 Å². The van der Waals surface area contributed by atoms with Gasteiger partial charge < -0.3 is 14.5 Å². The molecule has 0 aliphatic heterocycles. The number of halogens is 2. The molecule has 0 aliphatic rings.